The fourth-order valence-corrected chi connectivity index (χ4v) is 2.91. The predicted molar refractivity (Wildman–Crippen MR) is 81.3 cm³/mol. The SMILES string of the molecule is CCc1nn(C)cc1CNC(c1ccc(F)cc1)C1CC1. The third kappa shape index (κ3) is 3.32. The van der Waals surface area contributed by atoms with E-state index in [0.717, 1.165) is 18.7 Å². The van der Waals surface area contributed by atoms with Gasteiger partial charge in [0.15, 0.2) is 0 Å². The van der Waals surface area contributed by atoms with Crippen LogP contribution in [0.15, 0.2) is 30.5 Å². The standard InChI is InChI=1S/C17H22FN3/c1-3-16-14(11-21(2)20-16)10-19-17(12-4-5-12)13-6-8-15(18)9-7-13/h6-9,11-12,17,19H,3-5,10H2,1-2H3. The second-order valence-electron chi connectivity index (χ2n) is 5.88. The van der Waals surface area contributed by atoms with Gasteiger partial charge in [0.2, 0.25) is 0 Å². The molecule has 3 rings (SSSR count). The summed E-state index contributed by atoms with van der Waals surface area (Å²) in [6, 6.07) is 7.21. The Labute approximate surface area is 125 Å². The molecule has 3 nitrogen and oxygen atoms in total. The van der Waals surface area contributed by atoms with Crippen molar-refractivity contribution >= 4 is 0 Å². The maximum atomic E-state index is 13.1. The first kappa shape index (κ1) is 14.3. The van der Waals surface area contributed by atoms with Crippen molar-refractivity contribution < 1.29 is 4.39 Å². The van der Waals surface area contributed by atoms with Crippen molar-refractivity contribution in [1.82, 2.24) is 15.1 Å². The van der Waals surface area contributed by atoms with Crippen LogP contribution in [0.25, 0.3) is 0 Å². The van der Waals surface area contributed by atoms with E-state index >= 15 is 0 Å². The number of nitrogens with one attached hydrogen (secondary N) is 1. The lowest BCUT2D eigenvalue weighted by molar-refractivity contribution is 0.478. The molecule has 21 heavy (non-hydrogen) atoms. The molecule has 0 radical (unpaired) electrons. The lowest BCUT2D eigenvalue weighted by Crippen LogP contribution is -2.23. The molecular formula is C17H22FN3. The number of nitrogens with zero attached hydrogens (tertiary/aromatic N) is 2. The zero-order valence-electron chi connectivity index (χ0n) is 12.6. The molecule has 112 valence electrons. The second-order valence-corrected chi connectivity index (χ2v) is 5.88. The van der Waals surface area contributed by atoms with Crippen LogP contribution in [0, 0.1) is 11.7 Å². The average molecular weight is 287 g/mol. The van der Waals surface area contributed by atoms with Crippen molar-refractivity contribution in [3.05, 3.63) is 53.1 Å². The molecule has 1 atom stereocenters. The number of halogens is 1. The third-order valence-electron chi connectivity index (χ3n) is 4.16. The molecule has 4 heteroatoms. The lowest BCUT2D eigenvalue weighted by Gasteiger charge is -2.19. The van der Waals surface area contributed by atoms with Crippen LogP contribution in [-0.2, 0) is 20.0 Å². The summed E-state index contributed by atoms with van der Waals surface area (Å²) in [5.41, 5.74) is 3.59. The minimum Gasteiger partial charge on any atom is -0.305 e. The van der Waals surface area contributed by atoms with Gasteiger partial charge in [-0.05, 0) is 42.9 Å². The molecule has 1 aromatic carbocycles. The summed E-state index contributed by atoms with van der Waals surface area (Å²) < 4.78 is 15.0. The van der Waals surface area contributed by atoms with Crippen LogP contribution >= 0.6 is 0 Å². The molecule has 0 spiro atoms. The van der Waals surface area contributed by atoms with Gasteiger partial charge >= 0.3 is 0 Å². The molecule has 0 saturated heterocycles. The third-order valence-corrected chi connectivity index (χ3v) is 4.16. The summed E-state index contributed by atoms with van der Waals surface area (Å²) in [6.45, 7) is 2.94. The van der Waals surface area contributed by atoms with E-state index < -0.39 is 0 Å². The van der Waals surface area contributed by atoms with Crippen molar-refractivity contribution in [2.24, 2.45) is 13.0 Å². The molecule has 1 fully saturated rings. The van der Waals surface area contributed by atoms with E-state index in [9.17, 15) is 4.39 Å². The molecule has 1 aliphatic carbocycles. The smallest absolute Gasteiger partial charge is 0.123 e. The summed E-state index contributed by atoms with van der Waals surface area (Å²) in [5, 5.41) is 8.12. The molecule has 1 unspecified atom stereocenters. The van der Waals surface area contributed by atoms with Crippen molar-refractivity contribution in [3.63, 3.8) is 0 Å². The van der Waals surface area contributed by atoms with Gasteiger partial charge in [0.1, 0.15) is 5.82 Å². The number of hydrogen-bond donors (Lipinski definition) is 1. The fourth-order valence-electron chi connectivity index (χ4n) is 2.91. The van der Waals surface area contributed by atoms with E-state index in [1.807, 2.05) is 23.9 Å². The Morgan fingerprint density at radius 3 is 2.67 bits per heavy atom. The van der Waals surface area contributed by atoms with Gasteiger partial charge in [0.25, 0.3) is 0 Å². The van der Waals surface area contributed by atoms with Gasteiger partial charge < -0.3 is 5.32 Å². The Kier molecular flexibility index (Phi) is 4.06. The van der Waals surface area contributed by atoms with Crippen molar-refractivity contribution in [3.8, 4) is 0 Å². The lowest BCUT2D eigenvalue weighted by atomic mass is 10.0. The van der Waals surface area contributed by atoms with E-state index in [4.69, 9.17) is 0 Å². The van der Waals surface area contributed by atoms with Gasteiger partial charge in [-0.25, -0.2) is 4.39 Å². The van der Waals surface area contributed by atoms with Gasteiger partial charge in [-0.1, -0.05) is 19.1 Å². The van der Waals surface area contributed by atoms with Crippen molar-refractivity contribution in [2.45, 2.75) is 38.8 Å². The molecular weight excluding hydrogens is 265 g/mol. The van der Waals surface area contributed by atoms with Crippen LogP contribution < -0.4 is 5.32 Å². The number of benzene rings is 1. The molecule has 0 bridgehead atoms. The molecule has 1 N–H and O–H groups in total. The number of aromatic nitrogens is 2. The summed E-state index contributed by atoms with van der Waals surface area (Å²) in [6.07, 6.45) is 5.54. The monoisotopic (exact) mass is 287 g/mol. The van der Waals surface area contributed by atoms with Crippen LogP contribution in [0.4, 0.5) is 4.39 Å². The quantitative estimate of drug-likeness (QED) is 0.883. The molecule has 2 aromatic rings. The van der Waals surface area contributed by atoms with Crippen LogP contribution in [0.5, 0.6) is 0 Å². The fraction of sp³-hybridized carbons (Fsp3) is 0.471. The summed E-state index contributed by atoms with van der Waals surface area (Å²) in [7, 11) is 1.96. The number of rotatable bonds is 6. The van der Waals surface area contributed by atoms with E-state index in [0.29, 0.717) is 12.0 Å². The Morgan fingerprint density at radius 2 is 2.05 bits per heavy atom. The Hall–Kier alpha value is -1.68. The molecule has 1 saturated carbocycles. The van der Waals surface area contributed by atoms with Gasteiger partial charge in [-0.15, -0.1) is 0 Å². The number of hydrogen-bond acceptors (Lipinski definition) is 2. The first-order valence-electron chi connectivity index (χ1n) is 7.67. The zero-order chi connectivity index (χ0) is 14.8. The Balaban J connectivity index is 1.72. The highest BCUT2D eigenvalue weighted by atomic mass is 19.1. The summed E-state index contributed by atoms with van der Waals surface area (Å²) in [4.78, 5) is 0. The van der Waals surface area contributed by atoms with Crippen LogP contribution in [0.1, 0.15) is 42.6 Å². The maximum absolute atomic E-state index is 13.1. The van der Waals surface area contributed by atoms with E-state index in [-0.39, 0.29) is 5.82 Å². The van der Waals surface area contributed by atoms with Crippen LogP contribution in [0.3, 0.4) is 0 Å². The first-order chi connectivity index (χ1) is 10.2. The van der Waals surface area contributed by atoms with Gasteiger partial charge in [0, 0.05) is 31.4 Å². The molecule has 0 aliphatic heterocycles. The Morgan fingerprint density at radius 1 is 1.33 bits per heavy atom. The van der Waals surface area contributed by atoms with Gasteiger partial charge in [-0.3, -0.25) is 4.68 Å². The van der Waals surface area contributed by atoms with Crippen molar-refractivity contribution in [2.75, 3.05) is 0 Å². The second kappa shape index (κ2) is 5.98. The molecule has 1 heterocycles. The van der Waals surface area contributed by atoms with E-state index in [1.165, 1.54) is 24.0 Å². The van der Waals surface area contributed by atoms with Crippen LogP contribution in [-0.4, -0.2) is 9.78 Å². The van der Waals surface area contributed by atoms with E-state index in [2.05, 4.69) is 23.5 Å². The minimum absolute atomic E-state index is 0.172. The van der Waals surface area contributed by atoms with Gasteiger partial charge in [0.05, 0.1) is 5.69 Å². The Bertz CT molecular complexity index is 599. The van der Waals surface area contributed by atoms with Crippen molar-refractivity contribution in [1.29, 1.82) is 0 Å². The predicted octanol–water partition coefficient (Wildman–Crippen LogP) is 3.36. The van der Waals surface area contributed by atoms with Gasteiger partial charge in [-0.2, -0.15) is 5.10 Å². The molecule has 1 aliphatic rings. The zero-order valence-corrected chi connectivity index (χ0v) is 12.6. The maximum Gasteiger partial charge on any atom is 0.123 e. The largest absolute Gasteiger partial charge is 0.305 e. The average Bonchev–Trinajstić information content (AvgIpc) is 3.24. The minimum atomic E-state index is -0.172. The molecule has 1 aromatic heterocycles. The van der Waals surface area contributed by atoms with E-state index in [1.54, 1.807) is 12.1 Å². The summed E-state index contributed by atoms with van der Waals surface area (Å²) >= 11 is 0. The summed E-state index contributed by atoms with van der Waals surface area (Å²) in [5.74, 6) is 0.506. The van der Waals surface area contributed by atoms with Crippen LogP contribution in [0.2, 0.25) is 0 Å². The topological polar surface area (TPSA) is 29.9 Å². The highest BCUT2D eigenvalue weighted by Gasteiger charge is 2.32. The number of aryl methyl sites for hydroxylation is 2. The first-order valence-corrected chi connectivity index (χ1v) is 7.67. The highest BCUT2D eigenvalue weighted by Crippen LogP contribution is 2.41. The molecule has 0 amide bonds. The normalized spacial score (nSPS) is 16.1. The highest BCUT2D eigenvalue weighted by molar-refractivity contribution is 5.23.